The SMILES string of the molecule is COc1cccc(-n2cnc3c(sc4nccc(N(C)C)c43)c2=O)c1F. The van der Waals surface area contributed by atoms with Crippen LogP contribution in [0, 0.1) is 5.82 Å². The van der Waals surface area contributed by atoms with Gasteiger partial charge in [-0.05, 0) is 18.2 Å². The highest BCUT2D eigenvalue weighted by Gasteiger charge is 2.18. The topological polar surface area (TPSA) is 60.2 Å². The Hall–Kier alpha value is -3.00. The lowest BCUT2D eigenvalue weighted by atomic mass is 10.2. The molecule has 0 radical (unpaired) electrons. The first-order chi connectivity index (χ1) is 12.5. The van der Waals surface area contributed by atoms with Crippen molar-refractivity contribution in [3.63, 3.8) is 0 Å². The molecule has 26 heavy (non-hydrogen) atoms. The Morgan fingerprint density at radius 1 is 1.23 bits per heavy atom. The van der Waals surface area contributed by atoms with Crippen molar-refractivity contribution < 1.29 is 9.13 Å². The second kappa shape index (κ2) is 6.06. The van der Waals surface area contributed by atoms with Gasteiger partial charge in [-0.3, -0.25) is 9.36 Å². The number of nitrogens with zero attached hydrogens (tertiary/aromatic N) is 4. The summed E-state index contributed by atoms with van der Waals surface area (Å²) in [5.74, 6) is -0.533. The lowest BCUT2D eigenvalue weighted by Crippen LogP contribution is -2.19. The number of pyridine rings is 1. The lowest BCUT2D eigenvalue weighted by molar-refractivity contribution is 0.385. The fraction of sp³-hybridized carbons (Fsp3) is 0.167. The van der Waals surface area contributed by atoms with E-state index in [-0.39, 0.29) is 17.0 Å². The summed E-state index contributed by atoms with van der Waals surface area (Å²) >= 11 is 1.26. The molecule has 0 saturated carbocycles. The maximum absolute atomic E-state index is 14.6. The first kappa shape index (κ1) is 16.5. The molecule has 3 aromatic heterocycles. The van der Waals surface area contributed by atoms with E-state index >= 15 is 0 Å². The molecular formula is C18H15FN4O2S. The van der Waals surface area contributed by atoms with Gasteiger partial charge in [0.2, 0.25) is 0 Å². The van der Waals surface area contributed by atoms with Crippen LogP contribution < -0.4 is 15.2 Å². The quantitative estimate of drug-likeness (QED) is 0.554. The molecule has 8 heteroatoms. The predicted molar refractivity (Wildman–Crippen MR) is 101 cm³/mol. The van der Waals surface area contributed by atoms with Crippen LogP contribution in [-0.4, -0.2) is 35.7 Å². The van der Waals surface area contributed by atoms with E-state index in [0.717, 1.165) is 15.9 Å². The molecule has 0 saturated heterocycles. The highest BCUT2D eigenvalue weighted by molar-refractivity contribution is 7.25. The van der Waals surface area contributed by atoms with E-state index < -0.39 is 5.82 Å². The fourth-order valence-electron chi connectivity index (χ4n) is 2.92. The zero-order valence-corrected chi connectivity index (χ0v) is 15.2. The average molecular weight is 370 g/mol. The molecule has 4 rings (SSSR count). The molecule has 0 unspecified atom stereocenters. The first-order valence-electron chi connectivity index (χ1n) is 7.82. The summed E-state index contributed by atoms with van der Waals surface area (Å²) in [5, 5.41) is 0.827. The minimum atomic E-state index is -0.605. The van der Waals surface area contributed by atoms with Crippen LogP contribution in [0.5, 0.6) is 5.75 Å². The Kier molecular flexibility index (Phi) is 3.84. The predicted octanol–water partition coefficient (Wildman–Crippen LogP) is 3.21. The third-order valence-electron chi connectivity index (χ3n) is 4.16. The maximum Gasteiger partial charge on any atom is 0.276 e. The van der Waals surface area contributed by atoms with Gasteiger partial charge in [-0.1, -0.05) is 6.07 Å². The Balaban J connectivity index is 2.04. The third kappa shape index (κ3) is 2.33. The summed E-state index contributed by atoms with van der Waals surface area (Å²) in [6.07, 6.45) is 3.05. The van der Waals surface area contributed by atoms with Gasteiger partial charge in [0.1, 0.15) is 15.9 Å². The second-order valence-electron chi connectivity index (χ2n) is 5.90. The van der Waals surface area contributed by atoms with Crippen LogP contribution in [0.3, 0.4) is 0 Å². The number of hydrogen-bond acceptors (Lipinski definition) is 6. The normalized spacial score (nSPS) is 11.2. The van der Waals surface area contributed by atoms with Crippen molar-refractivity contribution in [2.75, 3.05) is 26.1 Å². The number of anilines is 1. The highest BCUT2D eigenvalue weighted by Crippen LogP contribution is 2.35. The van der Waals surface area contributed by atoms with E-state index in [1.807, 2.05) is 25.1 Å². The summed E-state index contributed by atoms with van der Waals surface area (Å²) in [6, 6.07) is 6.53. The summed E-state index contributed by atoms with van der Waals surface area (Å²) in [7, 11) is 5.23. The molecule has 0 aliphatic carbocycles. The van der Waals surface area contributed by atoms with E-state index in [4.69, 9.17) is 4.74 Å². The molecule has 0 aliphatic rings. The van der Waals surface area contributed by atoms with Crippen molar-refractivity contribution >= 4 is 37.5 Å². The van der Waals surface area contributed by atoms with Gasteiger partial charge in [-0.25, -0.2) is 14.4 Å². The molecule has 4 aromatic rings. The number of benzene rings is 1. The van der Waals surface area contributed by atoms with E-state index in [2.05, 4.69) is 9.97 Å². The number of aromatic nitrogens is 3. The van der Waals surface area contributed by atoms with Crippen molar-refractivity contribution in [1.29, 1.82) is 0 Å². The van der Waals surface area contributed by atoms with Crippen molar-refractivity contribution in [3.05, 3.63) is 53.0 Å². The van der Waals surface area contributed by atoms with Crippen LogP contribution in [0.1, 0.15) is 0 Å². The van der Waals surface area contributed by atoms with Crippen molar-refractivity contribution in [3.8, 4) is 11.4 Å². The van der Waals surface area contributed by atoms with Gasteiger partial charge in [-0.15, -0.1) is 11.3 Å². The van der Waals surface area contributed by atoms with Gasteiger partial charge in [0.05, 0.1) is 29.4 Å². The number of fused-ring (bicyclic) bond motifs is 3. The number of thiophene rings is 1. The molecule has 0 bridgehead atoms. The molecule has 1 aromatic carbocycles. The minimum absolute atomic E-state index is 0.0717. The molecule has 0 amide bonds. The number of methoxy groups -OCH3 is 1. The highest BCUT2D eigenvalue weighted by atomic mass is 32.1. The van der Waals surface area contributed by atoms with Crippen LogP contribution in [-0.2, 0) is 0 Å². The van der Waals surface area contributed by atoms with E-state index in [1.54, 1.807) is 12.3 Å². The fourth-order valence-corrected chi connectivity index (χ4v) is 3.97. The second-order valence-corrected chi connectivity index (χ2v) is 6.90. The van der Waals surface area contributed by atoms with E-state index in [0.29, 0.717) is 10.2 Å². The van der Waals surface area contributed by atoms with Gasteiger partial charge >= 0.3 is 0 Å². The van der Waals surface area contributed by atoms with Crippen LogP contribution >= 0.6 is 11.3 Å². The molecule has 0 N–H and O–H groups in total. The maximum atomic E-state index is 14.6. The number of hydrogen-bond donors (Lipinski definition) is 0. The molecule has 6 nitrogen and oxygen atoms in total. The Morgan fingerprint density at radius 2 is 2.04 bits per heavy atom. The van der Waals surface area contributed by atoms with Gasteiger partial charge < -0.3 is 9.64 Å². The summed E-state index contributed by atoms with van der Waals surface area (Å²) < 4.78 is 21.2. The standard InChI is InChI=1S/C18H15FN4O2S/c1-22(2)10-7-8-20-17-13(10)15-16(26-17)18(24)23(9-21-15)11-5-4-6-12(25-3)14(11)19/h4-9H,1-3H3. The summed E-state index contributed by atoms with van der Waals surface area (Å²) in [6.45, 7) is 0. The van der Waals surface area contributed by atoms with Crippen molar-refractivity contribution in [2.24, 2.45) is 0 Å². The van der Waals surface area contributed by atoms with E-state index in [1.165, 1.54) is 41.5 Å². The van der Waals surface area contributed by atoms with Gasteiger partial charge in [-0.2, -0.15) is 0 Å². The largest absolute Gasteiger partial charge is 0.494 e. The third-order valence-corrected chi connectivity index (χ3v) is 5.24. The molecule has 0 fully saturated rings. The molecule has 0 atom stereocenters. The smallest absolute Gasteiger partial charge is 0.276 e. The monoisotopic (exact) mass is 370 g/mol. The average Bonchev–Trinajstić information content (AvgIpc) is 3.02. The van der Waals surface area contributed by atoms with Crippen LogP contribution in [0.25, 0.3) is 26.1 Å². The van der Waals surface area contributed by atoms with Crippen molar-refractivity contribution in [1.82, 2.24) is 14.5 Å². The Morgan fingerprint density at radius 3 is 2.77 bits per heavy atom. The molecule has 0 aliphatic heterocycles. The van der Waals surface area contributed by atoms with Gasteiger partial charge in [0.15, 0.2) is 11.6 Å². The molecular weight excluding hydrogens is 355 g/mol. The Bertz CT molecular complexity index is 1200. The zero-order chi connectivity index (χ0) is 18.4. The first-order valence-corrected chi connectivity index (χ1v) is 8.63. The minimum Gasteiger partial charge on any atom is -0.494 e. The van der Waals surface area contributed by atoms with Gasteiger partial charge in [0.25, 0.3) is 5.56 Å². The molecule has 0 spiro atoms. The van der Waals surface area contributed by atoms with Crippen LogP contribution in [0.4, 0.5) is 10.1 Å². The van der Waals surface area contributed by atoms with Gasteiger partial charge in [0, 0.05) is 20.3 Å². The number of ether oxygens (including phenoxy) is 1. The molecule has 3 heterocycles. The van der Waals surface area contributed by atoms with E-state index in [9.17, 15) is 9.18 Å². The number of halogens is 1. The summed E-state index contributed by atoms with van der Waals surface area (Å²) in [5.41, 5.74) is 1.27. The molecule has 132 valence electrons. The van der Waals surface area contributed by atoms with Crippen LogP contribution in [0.15, 0.2) is 41.6 Å². The number of rotatable bonds is 3. The lowest BCUT2D eigenvalue weighted by Gasteiger charge is -2.13. The zero-order valence-electron chi connectivity index (χ0n) is 14.4. The summed E-state index contributed by atoms with van der Waals surface area (Å²) in [4.78, 5) is 24.5. The van der Waals surface area contributed by atoms with Crippen molar-refractivity contribution in [2.45, 2.75) is 0 Å². The Labute approximate surface area is 152 Å². The van der Waals surface area contributed by atoms with Crippen LogP contribution in [0.2, 0.25) is 0 Å².